The summed E-state index contributed by atoms with van der Waals surface area (Å²) >= 11 is 0. The molecule has 1 saturated heterocycles. The van der Waals surface area contributed by atoms with Crippen molar-refractivity contribution < 1.29 is 24.1 Å². The molecular weight excluding hydrogens is 384 g/mol. The second-order valence-corrected chi connectivity index (χ2v) is 9.13. The second-order valence-electron chi connectivity index (χ2n) is 9.13. The van der Waals surface area contributed by atoms with Gasteiger partial charge in [-0.3, -0.25) is 5.32 Å². The van der Waals surface area contributed by atoms with Crippen molar-refractivity contribution in [1.29, 1.82) is 0 Å². The number of nitrogens with one attached hydrogen (secondary N) is 1. The molecule has 2 rings (SSSR count). The molecule has 0 aromatic heterocycles. The summed E-state index contributed by atoms with van der Waals surface area (Å²) in [5, 5.41) is 12.4. The highest BCUT2D eigenvalue weighted by molar-refractivity contribution is 5.68. The number of likely N-dealkylation sites (tertiary alicyclic amines) is 1. The van der Waals surface area contributed by atoms with Crippen LogP contribution in [-0.4, -0.2) is 61.5 Å². The molecule has 3 atom stereocenters. The average Bonchev–Trinajstić information content (AvgIpc) is 2.69. The van der Waals surface area contributed by atoms with Gasteiger partial charge in [-0.2, -0.15) is 0 Å². The highest BCUT2D eigenvalue weighted by Gasteiger charge is 2.41. The summed E-state index contributed by atoms with van der Waals surface area (Å²) in [5.41, 5.74) is 1.15. The van der Waals surface area contributed by atoms with Crippen molar-refractivity contribution in [2.24, 2.45) is 5.92 Å². The van der Waals surface area contributed by atoms with Gasteiger partial charge in [-0.1, -0.05) is 29.8 Å². The van der Waals surface area contributed by atoms with Crippen molar-refractivity contribution in [2.75, 3.05) is 33.4 Å². The summed E-state index contributed by atoms with van der Waals surface area (Å²) in [5.74, 6) is 0.118. The zero-order chi connectivity index (χ0) is 22.4. The Balaban J connectivity index is 2.17. The molecule has 1 amide bonds. The monoisotopic (exact) mass is 422 g/mol. The van der Waals surface area contributed by atoms with Crippen LogP contribution < -0.4 is 5.32 Å². The van der Waals surface area contributed by atoms with Crippen LogP contribution in [0.5, 0.6) is 0 Å². The Morgan fingerprint density at radius 2 is 2.07 bits per heavy atom. The molecule has 1 aliphatic heterocycles. The van der Waals surface area contributed by atoms with Crippen LogP contribution in [0.2, 0.25) is 0 Å². The van der Waals surface area contributed by atoms with Crippen LogP contribution >= 0.6 is 0 Å². The van der Waals surface area contributed by atoms with Gasteiger partial charge in [-0.15, -0.1) is 0 Å². The minimum Gasteiger partial charge on any atom is -0.444 e. The van der Waals surface area contributed by atoms with Crippen molar-refractivity contribution in [3.8, 4) is 0 Å². The Kier molecular flexibility index (Phi) is 8.67. The van der Waals surface area contributed by atoms with Gasteiger partial charge in [0, 0.05) is 32.7 Å². The predicted molar refractivity (Wildman–Crippen MR) is 116 cm³/mol. The Morgan fingerprint density at radius 1 is 1.33 bits per heavy atom. The van der Waals surface area contributed by atoms with Gasteiger partial charge in [0.1, 0.15) is 5.60 Å². The fraction of sp³-hybridized carbons (Fsp3) is 0.696. The van der Waals surface area contributed by atoms with Crippen LogP contribution in [0.25, 0.3) is 0 Å². The van der Waals surface area contributed by atoms with E-state index in [-0.39, 0.29) is 12.0 Å². The Labute approximate surface area is 180 Å². The van der Waals surface area contributed by atoms with Crippen molar-refractivity contribution >= 4 is 6.09 Å². The minimum atomic E-state index is -1.02. The zero-order valence-electron chi connectivity index (χ0n) is 19.2. The summed E-state index contributed by atoms with van der Waals surface area (Å²) in [6.07, 6.45) is 0.563. The summed E-state index contributed by atoms with van der Waals surface area (Å²) in [4.78, 5) is 14.5. The van der Waals surface area contributed by atoms with Gasteiger partial charge >= 0.3 is 6.09 Å². The molecule has 7 nitrogen and oxygen atoms in total. The fourth-order valence-electron chi connectivity index (χ4n) is 3.84. The molecule has 170 valence electrons. The van der Waals surface area contributed by atoms with E-state index in [9.17, 15) is 9.90 Å². The molecule has 3 unspecified atom stereocenters. The summed E-state index contributed by atoms with van der Waals surface area (Å²) in [6, 6.07) is 8.32. The topological polar surface area (TPSA) is 80.3 Å². The maximum Gasteiger partial charge on any atom is 0.410 e. The molecule has 0 saturated carbocycles. The third-order valence-electron chi connectivity index (χ3n) is 5.49. The van der Waals surface area contributed by atoms with E-state index in [0.717, 1.165) is 24.0 Å². The number of carbonyl (C=O) groups excluding carboxylic acids is 1. The van der Waals surface area contributed by atoms with Gasteiger partial charge in [0.05, 0.1) is 12.2 Å². The van der Waals surface area contributed by atoms with E-state index >= 15 is 0 Å². The number of hydrogen-bond donors (Lipinski definition) is 2. The number of aliphatic hydroxyl groups excluding tert-OH is 1. The van der Waals surface area contributed by atoms with E-state index < -0.39 is 17.6 Å². The van der Waals surface area contributed by atoms with Crippen LogP contribution in [0, 0.1) is 12.8 Å². The zero-order valence-corrected chi connectivity index (χ0v) is 19.2. The molecule has 0 aliphatic carbocycles. The molecular formula is C23H38N2O5. The number of benzene rings is 1. The molecule has 1 aromatic carbocycles. The van der Waals surface area contributed by atoms with Gasteiger partial charge in [-0.25, -0.2) is 4.79 Å². The summed E-state index contributed by atoms with van der Waals surface area (Å²) < 4.78 is 16.8. The third kappa shape index (κ3) is 6.94. The van der Waals surface area contributed by atoms with Crippen LogP contribution in [0.4, 0.5) is 4.79 Å². The number of aryl methyl sites for hydroxylation is 1. The van der Waals surface area contributed by atoms with Gasteiger partial charge in [-0.05, 0) is 53.0 Å². The molecule has 0 spiro atoms. The quantitative estimate of drug-likeness (QED) is 0.494. The first-order chi connectivity index (χ1) is 14.0. The maximum absolute atomic E-state index is 12.7. The van der Waals surface area contributed by atoms with Gasteiger partial charge in [0.15, 0.2) is 0 Å². The fourth-order valence-corrected chi connectivity index (χ4v) is 3.84. The average molecular weight is 423 g/mol. The number of piperidine rings is 1. The highest BCUT2D eigenvalue weighted by atomic mass is 16.6. The largest absolute Gasteiger partial charge is 0.444 e. The van der Waals surface area contributed by atoms with Gasteiger partial charge < -0.3 is 24.2 Å². The lowest BCUT2D eigenvalue weighted by Gasteiger charge is -2.44. The highest BCUT2D eigenvalue weighted by Crippen LogP contribution is 2.39. The first-order valence-electron chi connectivity index (χ1n) is 10.7. The smallest absolute Gasteiger partial charge is 0.410 e. The van der Waals surface area contributed by atoms with E-state index in [1.807, 2.05) is 26.8 Å². The third-order valence-corrected chi connectivity index (χ3v) is 5.49. The number of hydrogen-bond acceptors (Lipinski definition) is 6. The molecule has 0 bridgehead atoms. The maximum atomic E-state index is 12.7. The number of rotatable bonds is 8. The van der Waals surface area contributed by atoms with E-state index in [1.165, 1.54) is 7.11 Å². The van der Waals surface area contributed by atoms with E-state index in [4.69, 9.17) is 14.2 Å². The lowest BCUT2D eigenvalue weighted by Crippen LogP contribution is -2.49. The van der Waals surface area contributed by atoms with Crippen molar-refractivity contribution in [3.05, 3.63) is 35.4 Å². The first-order valence-corrected chi connectivity index (χ1v) is 10.7. The minimum absolute atomic E-state index is 0.118. The Hall–Kier alpha value is -1.67. The SMILES string of the molecule is COC(O)NCCOC(C)(c1cccc(C)c1)C1CCCN(C(=O)OC(C)(C)C)C1. The van der Waals surface area contributed by atoms with Gasteiger partial charge in [0.25, 0.3) is 0 Å². The molecule has 1 fully saturated rings. The van der Waals surface area contributed by atoms with Crippen molar-refractivity contribution in [3.63, 3.8) is 0 Å². The second kappa shape index (κ2) is 10.6. The summed E-state index contributed by atoms with van der Waals surface area (Å²) in [7, 11) is 1.43. The molecule has 30 heavy (non-hydrogen) atoms. The number of nitrogens with zero attached hydrogens (tertiary/aromatic N) is 1. The Bertz CT molecular complexity index is 690. The molecule has 1 aliphatic rings. The molecule has 1 aromatic rings. The number of ether oxygens (including phenoxy) is 3. The number of aliphatic hydroxyl groups is 1. The van der Waals surface area contributed by atoms with Crippen molar-refractivity contribution in [2.45, 2.75) is 65.1 Å². The number of amides is 1. The van der Waals surface area contributed by atoms with E-state index in [0.29, 0.717) is 26.2 Å². The normalized spacial score (nSPS) is 20.5. The van der Waals surface area contributed by atoms with E-state index in [1.54, 1.807) is 4.90 Å². The predicted octanol–water partition coefficient (Wildman–Crippen LogP) is 3.39. The number of carbonyl (C=O) groups is 1. The molecule has 2 N–H and O–H groups in total. The van der Waals surface area contributed by atoms with E-state index in [2.05, 4.69) is 37.4 Å². The molecule has 1 heterocycles. The van der Waals surface area contributed by atoms with Crippen molar-refractivity contribution in [1.82, 2.24) is 10.2 Å². The lowest BCUT2D eigenvalue weighted by molar-refractivity contribution is -0.118. The standard InChI is InChI=1S/C23H38N2O5/c1-17-9-7-10-18(15-17)23(5,29-14-12-24-20(26)28-6)19-11-8-13-25(16-19)21(27)30-22(2,3)4/h7,9-10,15,19-20,24,26H,8,11-14,16H2,1-6H3. The first kappa shape index (κ1) is 24.6. The van der Waals surface area contributed by atoms with Crippen LogP contribution in [0.1, 0.15) is 51.7 Å². The molecule has 7 heteroatoms. The lowest BCUT2D eigenvalue weighted by atomic mass is 9.77. The Morgan fingerprint density at radius 3 is 2.70 bits per heavy atom. The van der Waals surface area contributed by atoms with Crippen LogP contribution in [0.3, 0.4) is 0 Å². The summed E-state index contributed by atoms with van der Waals surface area (Å²) in [6.45, 7) is 11.9. The number of methoxy groups -OCH3 is 1. The van der Waals surface area contributed by atoms with Crippen LogP contribution in [-0.2, 0) is 19.8 Å². The van der Waals surface area contributed by atoms with Crippen LogP contribution in [0.15, 0.2) is 24.3 Å². The molecule has 0 radical (unpaired) electrons. The van der Waals surface area contributed by atoms with Gasteiger partial charge in [0.2, 0.25) is 6.41 Å².